The molecule has 0 amide bonds. The molecule has 0 saturated carbocycles. The van der Waals surface area contributed by atoms with Crippen molar-refractivity contribution >= 4 is 17.5 Å². The lowest BCUT2D eigenvalue weighted by Crippen LogP contribution is -2.14. The van der Waals surface area contributed by atoms with Gasteiger partial charge in [-0.2, -0.15) is 0 Å². The van der Waals surface area contributed by atoms with Crippen LogP contribution in [0.1, 0.15) is 21.8 Å². The van der Waals surface area contributed by atoms with E-state index in [0.29, 0.717) is 5.75 Å². The number of carbonyl (C=O) groups is 1. The molecule has 102 valence electrons. The van der Waals surface area contributed by atoms with Gasteiger partial charge in [-0.1, -0.05) is 24.3 Å². The Labute approximate surface area is 121 Å². The first-order chi connectivity index (χ1) is 9.72. The van der Waals surface area contributed by atoms with Crippen LogP contribution < -0.4 is 4.74 Å². The van der Waals surface area contributed by atoms with Crippen LogP contribution in [-0.4, -0.2) is 18.6 Å². The number of Topliss-reactive ketones (excluding diaryl/α,β-unsaturated/α-hetero) is 1. The Hall–Kier alpha value is -1.81. The highest BCUT2D eigenvalue weighted by molar-refractivity contribution is 7.99. The maximum absolute atomic E-state index is 14.2. The number of methoxy groups -OCH3 is 1. The molecule has 4 heteroatoms. The fourth-order valence-corrected chi connectivity index (χ4v) is 3.66. The fourth-order valence-electron chi connectivity index (χ4n) is 2.43. The zero-order chi connectivity index (χ0) is 14.1. The molecule has 20 heavy (non-hydrogen) atoms. The molecule has 0 bridgehead atoms. The number of halogens is 1. The van der Waals surface area contributed by atoms with Gasteiger partial charge >= 0.3 is 0 Å². The van der Waals surface area contributed by atoms with Gasteiger partial charge in [-0.15, -0.1) is 11.8 Å². The van der Waals surface area contributed by atoms with Crippen LogP contribution in [0.5, 0.6) is 5.75 Å². The first-order valence-electron chi connectivity index (χ1n) is 6.31. The second kappa shape index (κ2) is 5.29. The molecule has 0 saturated heterocycles. The van der Waals surface area contributed by atoms with E-state index >= 15 is 0 Å². The molecule has 1 aliphatic rings. The number of carbonyl (C=O) groups excluding carboxylic acids is 1. The molecular formula is C16H13FO2S. The minimum atomic E-state index is -0.575. The Morgan fingerprint density at radius 1 is 1.25 bits per heavy atom. The van der Waals surface area contributed by atoms with Crippen molar-refractivity contribution in [1.82, 2.24) is 0 Å². The standard InChI is InChI=1S/C16H13FO2S/c1-19-13-7-4-6-11(15(13)17)16(18)12-9-20-14-8-3-2-5-10(12)14/h2-8,12H,9H2,1H3. The predicted octanol–water partition coefficient (Wildman–Crippen LogP) is 3.91. The molecule has 0 radical (unpaired) electrons. The normalized spacial score (nSPS) is 16.8. The maximum atomic E-state index is 14.2. The second-order valence-electron chi connectivity index (χ2n) is 4.59. The number of ether oxygens (including phenoxy) is 1. The van der Waals surface area contributed by atoms with Crippen LogP contribution in [-0.2, 0) is 0 Å². The number of hydrogen-bond donors (Lipinski definition) is 0. The highest BCUT2D eigenvalue weighted by Gasteiger charge is 2.31. The molecule has 2 aromatic carbocycles. The summed E-state index contributed by atoms with van der Waals surface area (Å²) in [5, 5.41) is 0. The van der Waals surface area contributed by atoms with E-state index in [0.717, 1.165) is 10.5 Å². The van der Waals surface area contributed by atoms with Crippen molar-refractivity contribution in [3.63, 3.8) is 0 Å². The Morgan fingerprint density at radius 2 is 2.05 bits per heavy atom. The van der Waals surface area contributed by atoms with E-state index < -0.39 is 5.82 Å². The van der Waals surface area contributed by atoms with E-state index in [4.69, 9.17) is 4.74 Å². The molecule has 1 heterocycles. The van der Waals surface area contributed by atoms with E-state index in [1.54, 1.807) is 17.8 Å². The van der Waals surface area contributed by atoms with Crippen LogP contribution in [0.2, 0.25) is 0 Å². The number of fused-ring (bicyclic) bond motifs is 1. The quantitative estimate of drug-likeness (QED) is 0.801. The number of rotatable bonds is 3. The number of ketones is 1. The molecule has 0 fully saturated rings. The van der Waals surface area contributed by atoms with Crippen LogP contribution in [0.3, 0.4) is 0 Å². The monoisotopic (exact) mass is 288 g/mol. The SMILES string of the molecule is COc1cccc(C(=O)C2CSc3ccccc32)c1F. The van der Waals surface area contributed by atoms with E-state index in [1.807, 2.05) is 24.3 Å². The van der Waals surface area contributed by atoms with Gasteiger partial charge in [-0.3, -0.25) is 4.79 Å². The summed E-state index contributed by atoms with van der Waals surface area (Å²) in [6.07, 6.45) is 0. The molecule has 2 aromatic rings. The highest BCUT2D eigenvalue weighted by Crippen LogP contribution is 2.41. The van der Waals surface area contributed by atoms with Gasteiger partial charge in [0.05, 0.1) is 18.6 Å². The largest absolute Gasteiger partial charge is 0.494 e. The zero-order valence-corrected chi connectivity index (χ0v) is 11.7. The Kier molecular flexibility index (Phi) is 3.49. The van der Waals surface area contributed by atoms with E-state index in [-0.39, 0.29) is 23.0 Å². The van der Waals surface area contributed by atoms with Gasteiger partial charge < -0.3 is 4.74 Å². The average Bonchev–Trinajstić information content (AvgIpc) is 2.91. The number of benzene rings is 2. The molecule has 0 aliphatic carbocycles. The molecule has 0 N–H and O–H groups in total. The van der Waals surface area contributed by atoms with Gasteiger partial charge in [0.2, 0.25) is 0 Å². The molecule has 2 nitrogen and oxygen atoms in total. The Balaban J connectivity index is 1.99. The maximum Gasteiger partial charge on any atom is 0.175 e. The second-order valence-corrected chi connectivity index (χ2v) is 5.65. The topological polar surface area (TPSA) is 26.3 Å². The first-order valence-corrected chi connectivity index (χ1v) is 7.29. The summed E-state index contributed by atoms with van der Waals surface area (Å²) < 4.78 is 19.1. The number of thioether (sulfide) groups is 1. The third kappa shape index (κ3) is 2.10. The zero-order valence-electron chi connectivity index (χ0n) is 10.9. The van der Waals surface area contributed by atoms with Crippen LogP contribution in [0.25, 0.3) is 0 Å². The van der Waals surface area contributed by atoms with Crippen molar-refractivity contribution in [2.75, 3.05) is 12.9 Å². The molecule has 1 aliphatic heterocycles. The summed E-state index contributed by atoms with van der Waals surface area (Å²) in [5.74, 6) is -0.268. The van der Waals surface area contributed by atoms with Crippen LogP contribution in [0, 0.1) is 5.82 Å². The van der Waals surface area contributed by atoms with E-state index in [9.17, 15) is 9.18 Å². The van der Waals surface area contributed by atoms with Crippen molar-refractivity contribution in [3.05, 3.63) is 59.4 Å². The summed E-state index contributed by atoms with van der Waals surface area (Å²) in [6.45, 7) is 0. The van der Waals surface area contributed by atoms with Gasteiger partial charge in [-0.05, 0) is 23.8 Å². The van der Waals surface area contributed by atoms with Gasteiger partial charge in [0.1, 0.15) is 0 Å². The smallest absolute Gasteiger partial charge is 0.175 e. The van der Waals surface area contributed by atoms with Gasteiger partial charge in [0, 0.05) is 10.6 Å². The minimum absolute atomic E-state index is 0.103. The fraction of sp³-hybridized carbons (Fsp3) is 0.188. The van der Waals surface area contributed by atoms with Crippen LogP contribution >= 0.6 is 11.8 Å². The average molecular weight is 288 g/mol. The van der Waals surface area contributed by atoms with Crippen molar-refractivity contribution < 1.29 is 13.9 Å². The molecule has 3 rings (SSSR count). The summed E-state index contributed by atoms with van der Waals surface area (Å²) in [7, 11) is 1.40. The summed E-state index contributed by atoms with van der Waals surface area (Å²) in [4.78, 5) is 13.7. The van der Waals surface area contributed by atoms with E-state index in [1.165, 1.54) is 19.2 Å². The van der Waals surface area contributed by atoms with Crippen molar-refractivity contribution in [1.29, 1.82) is 0 Å². The Bertz CT molecular complexity index is 669. The summed E-state index contributed by atoms with van der Waals surface area (Å²) in [5.41, 5.74) is 1.09. The lowest BCUT2D eigenvalue weighted by atomic mass is 9.92. The molecular weight excluding hydrogens is 275 g/mol. The lowest BCUT2D eigenvalue weighted by Gasteiger charge is -2.12. The molecule has 1 unspecified atom stereocenters. The van der Waals surface area contributed by atoms with Gasteiger partial charge in [-0.25, -0.2) is 4.39 Å². The van der Waals surface area contributed by atoms with Gasteiger partial charge in [0.15, 0.2) is 17.3 Å². The third-order valence-electron chi connectivity index (χ3n) is 3.47. The number of hydrogen-bond acceptors (Lipinski definition) is 3. The Morgan fingerprint density at radius 3 is 2.85 bits per heavy atom. The lowest BCUT2D eigenvalue weighted by molar-refractivity contribution is 0.0963. The van der Waals surface area contributed by atoms with Crippen molar-refractivity contribution in [2.24, 2.45) is 0 Å². The molecule has 0 spiro atoms. The molecule has 0 aromatic heterocycles. The highest BCUT2D eigenvalue weighted by atomic mass is 32.2. The predicted molar refractivity (Wildman–Crippen MR) is 77.2 cm³/mol. The van der Waals surface area contributed by atoms with Crippen LogP contribution in [0.4, 0.5) is 4.39 Å². The van der Waals surface area contributed by atoms with Crippen molar-refractivity contribution in [2.45, 2.75) is 10.8 Å². The molecule has 1 atom stereocenters. The van der Waals surface area contributed by atoms with Crippen LogP contribution in [0.15, 0.2) is 47.4 Å². The first kappa shape index (κ1) is 13.2. The summed E-state index contributed by atoms with van der Waals surface area (Å²) >= 11 is 1.64. The van der Waals surface area contributed by atoms with Gasteiger partial charge in [0.25, 0.3) is 0 Å². The third-order valence-corrected chi connectivity index (χ3v) is 4.65. The van der Waals surface area contributed by atoms with E-state index in [2.05, 4.69) is 0 Å². The summed E-state index contributed by atoms with van der Waals surface area (Å²) in [6, 6.07) is 12.5. The van der Waals surface area contributed by atoms with Crippen molar-refractivity contribution in [3.8, 4) is 5.75 Å². The minimum Gasteiger partial charge on any atom is -0.494 e.